The molecule has 1 fully saturated rings. The Morgan fingerprint density at radius 2 is 2.14 bits per heavy atom. The third-order valence-corrected chi connectivity index (χ3v) is 4.85. The normalized spacial score (nSPS) is 18.9. The second-order valence-electron chi connectivity index (χ2n) is 5.47. The Balaban J connectivity index is 2.15. The number of benzene rings is 1. The molecule has 1 saturated heterocycles. The van der Waals surface area contributed by atoms with Crippen LogP contribution in [0.1, 0.15) is 30.6 Å². The molecule has 1 aromatic carbocycles. The Kier molecular flexibility index (Phi) is 4.97. The van der Waals surface area contributed by atoms with Crippen molar-refractivity contribution in [2.24, 2.45) is 0 Å². The van der Waals surface area contributed by atoms with E-state index in [9.17, 15) is 13.2 Å². The van der Waals surface area contributed by atoms with Crippen LogP contribution in [0.3, 0.4) is 0 Å². The first kappa shape index (κ1) is 15.9. The number of amides is 1. The van der Waals surface area contributed by atoms with Crippen LogP contribution in [0.4, 0.5) is 0 Å². The molecule has 1 aliphatic rings. The lowest BCUT2D eigenvalue weighted by molar-refractivity contribution is 0.0940. The number of sulfonamides is 1. The highest BCUT2D eigenvalue weighted by Crippen LogP contribution is 2.12. The zero-order chi connectivity index (χ0) is 15.5. The second-order valence-corrected chi connectivity index (χ2v) is 7.18. The molecule has 0 aromatic heterocycles. The van der Waals surface area contributed by atoms with Gasteiger partial charge in [0, 0.05) is 24.2 Å². The van der Waals surface area contributed by atoms with Crippen molar-refractivity contribution in [3.63, 3.8) is 0 Å². The van der Waals surface area contributed by atoms with Crippen LogP contribution in [0.5, 0.6) is 0 Å². The van der Waals surface area contributed by atoms with Crippen LogP contribution in [0.2, 0.25) is 0 Å². The molecule has 3 N–H and O–H groups in total. The Hall–Kier alpha value is -1.44. The fourth-order valence-corrected chi connectivity index (χ4v) is 3.53. The third-order valence-electron chi connectivity index (χ3n) is 3.19. The summed E-state index contributed by atoms with van der Waals surface area (Å²) in [7, 11) is -3.59. The first-order valence-electron chi connectivity index (χ1n) is 7.02. The van der Waals surface area contributed by atoms with Gasteiger partial charge >= 0.3 is 0 Å². The predicted octanol–water partition coefficient (Wildman–Crippen LogP) is 0.465. The molecule has 1 amide bonds. The molecule has 116 valence electrons. The Morgan fingerprint density at radius 3 is 2.76 bits per heavy atom. The van der Waals surface area contributed by atoms with Gasteiger partial charge in [0.2, 0.25) is 10.0 Å². The predicted molar refractivity (Wildman–Crippen MR) is 80.6 cm³/mol. The molecule has 21 heavy (non-hydrogen) atoms. The Labute approximate surface area is 125 Å². The minimum atomic E-state index is -3.59. The molecule has 0 bridgehead atoms. The van der Waals surface area contributed by atoms with Crippen LogP contribution in [-0.4, -0.2) is 39.5 Å². The van der Waals surface area contributed by atoms with E-state index >= 15 is 0 Å². The summed E-state index contributed by atoms with van der Waals surface area (Å²) in [6, 6.07) is 5.99. The molecule has 0 spiro atoms. The Bertz CT molecular complexity index is 608. The van der Waals surface area contributed by atoms with E-state index in [2.05, 4.69) is 15.4 Å². The summed E-state index contributed by atoms with van der Waals surface area (Å²) in [5, 5.41) is 6.06. The highest BCUT2D eigenvalue weighted by molar-refractivity contribution is 7.89. The molecule has 1 atom stereocenters. The van der Waals surface area contributed by atoms with Gasteiger partial charge in [-0.2, -0.15) is 0 Å². The summed E-state index contributed by atoms with van der Waals surface area (Å²) < 4.78 is 26.7. The van der Waals surface area contributed by atoms with Gasteiger partial charge in [-0.25, -0.2) is 13.1 Å². The third kappa shape index (κ3) is 4.26. The molecule has 0 radical (unpaired) electrons. The lowest BCUT2D eigenvalue weighted by Crippen LogP contribution is -2.36. The van der Waals surface area contributed by atoms with Crippen molar-refractivity contribution in [3.05, 3.63) is 29.8 Å². The van der Waals surface area contributed by atoms with Gasteiger partial charge < -0.3 is 10.6 Å². The minimum absolute atomic E-state index is 0.103. The van der Waals surface area contributed by atoms with E-state index in [4.69, 9.17) is 0 Å². The number of carbonyl (C=O) groups excluding carboxylic acids is 1. The van der Waals surface area contributed by atoms with Gasteiger partial charge in [-0.1, -0.05) is 6.07 Å². The number of hydrogen-bond donors (Lipinski definition) is 3. The van der Waals surface area contributed by atoms with Crippen LogP contribution in [0, 0.1) is 0 Å². The van der Waals surface area contributed by atoms with Gasteiger partial charge in [-0.05, 0) is 45.0 Å². The summed E-state index contributed by atoms with van der Waals surface area (Å²) >= 11 is 0. The zero-order valence-electron chi connectivity index (χ0n) is 12.2. The van der Waals surface area contributed by atoms with Crippen molar-refractivity contribution in [1.29, 1.82) is 0 Å². The highest BCUT2D eigenvalue weighted by atomic mass is 32.2. The van der Waals surface area contributed by atoms with Crippen molar-refractivity contribution in [3.8, 4) is 0 Å². The van der Waals surface area contributed by atoms with Gasteiger partial charge in [-0.15, -0.1) is 0 Å². The number of carbonyl (C=O) groups is 1. The van der Waals surface area contributed by atoms with Crippen molar-refractivity contribution < 1.29 is 13.2 Å². The maximum absolute atomic E-state index is 12.1. The lowest BCUT2D eigenvalue weighted by Gasteiger charge is -2.13. The van der Waals surface area contributed by atoms with Gasteiger partial charge in [0.15, 0.2) is 0 Å². The van der Waals surface area contributed by atoms with Crippen molar-refractivity contribution in [1.82, 2.24) is 15.4 Å². The van der Waals surface area contributed by atoms with Gasteiger partial charge in [0.05, 0.1) is 4.90 Å². The van der Waals surface area contributed by atoms with E-state index in [-0.39, 0.29) is 22.9 Å². The minimum Gasteiger partial charge on any atom is -0.348 e. The topological polar surface area (TPSA) is 87.3 Å². The van der Waals surface area contributed by atoms with Crippen LogP contribution < -0.4 is 15.4 Å². The molecule has 1 unspecified atom stereocenters. The van der Waals surface area contributed by atoms with E-state index in [1.165, 1.54) is 12.1 Å². The van der Waals surface area contributed by atoms with E-state index in [0.29, 0.717) is 5.56 Å². The summed E-state index contributed by atoms with van der Waals surface area (Å²) in [5.74, 6) is -0.245. The van der Waals surface area contributed by atoms with Crippen LogP contribution in [0.15, 0.2) is 29.2 Å². The van der Waals surface area contributed by atoms with E-state index < -0.39 is 10.0 Å². The molecular formula is C14H21N3O3S. The molecule has 7 heteroatoms. The lowest BCUT2D eigenvalue weighted by atomic mass is 10.2. The molecule has 0 aliphatic carbocycles. The van der Waals surface area contributed by atoms with Crippen molar-refractivity contribution in [2.45, 2.75) is 37.2 Å². The average molecular weight is 311 g/mol. The van der Waals surface area contributed by atoms with E-state index in [1.807, 2.05) is 0 Å². The smallest absolute Gasteiger partial charge is 0.251 e. The summed E-state index contributed by atoms with van der Waals surface area (Å²) in [4.78, 5) is 12.3. The maximum Gasteiger partial charge on any atom is 0.251 e. The van der Waals surface area contributed by atoms with Crippen molar-refractivity contribution >= 4 is 15.9 Å². The molecule has 1 aromatic rings. The van der Waals surface area contributed by atoms with Gasteiger partial charge in [0.1, 0.15) is 0 Å². The standard InChI is InChI=1S/C14H21N3O3S/c1-10(2)17-21(19,20)13-5-3-4-11(8-13)14(18)16-12-6-7-15-9-12/h3-5,8,10,12,15,17H,6-7,9H2,1-2H3,(H,16,18). The van der Waals surface area contributed by atoms with Crippen LogP contribution in [-0.2, 0) is 10.0 Å². The number of rotatable bonds is 5. The Morgan fingerprint density at radius 1 is 1.38 bits per heavy atom. The monoisotopic (exact) mass is 311 g/mol. The first-order chi connectivity index (χ1) is 9.88. The maximum atomic E-state index is 12.1. The van der Waals surface area contributed by atoms with E-state index in [1.54, 1.807) is 26.0 Å². The first-order valence-corrected chi connectivity index (χ1v) is 8.51. The SMILES string of the molecule is CC(C)NS(=O)(=O)c1cccc(C(=O)NC2CCNC2)c1. The summed E-state index contributed by atoms with van der Waals surface area (Å²) in [5.41, 5.74) is 0.355. The molecule has 1 aliphatic heterocycles. The summed E-state index contributed by atoms with van der Waals surface area (Å²) in [6.07, 6.45) is 0.888. The van der Waals surface area contributed by atoms with Crippen molar-refractivity contribution in [2.75, 3.05) is 13.1 Å². The van der Waals surface area contributed by atoms with Gasteiger partial charge in [0.25, 0.3) is 5.91 Å². The molecule has 1 heterocycles. The van der Waals surface area contributed by atoms with E-state index in [0.717, 1.165) is 19.5 Å². The second kappa shape index (κ2) is 6.55. The van der Waals surface area contributed by atoms with Gasteiger partial charge in [-0.3, -0.25) is 4.79 Å². The largest absolute Gasteiger partial charge is 0.348 e. The fourth-order valence-electron chi connectivity index (χ4n) is 2.23. The summed E-state index contributed by atoms with van der Waals surface area (Å²) in [6.45, 7) is 5.14. The number of nitrogens with one attached hydrogen (secondary N) is 3. The van der Waals surface area contributed by atoms with Crippen LogP contribution >= 0.6 is 0 Å². The average Bonchev–Trinajstić information content (AvgIpc) is 2.90. The molecular weight excluding hydrogens is 290 g/mol. The number of hydrogen-bond acceptors (Lipinski definition) is 4. The highest BCUT2D eigenvalue weighted by Gasteiger charge is 2.20. The molecule has 6 nitrogen and oxygen atoms in total. The zero-order valence-corrected chi connectivity index (χ0v) is 13.0. The molecule has 2 rings (SSSR count). The van der Waals surface area contributed by atoms with Crippen LogP contribution in [0.25, 0.3) is 0 Å². The molecule has 0 saturated carbocycles. The fraction of sp³-hybridized carbons (Fsp3) is 0.500. The quantitative estimate of drug-likeness (QED) is 0.737.